The largest absolute Gasteiger partial charge is 0.508 e. The molecule has 9 nitrogen and oxygen atoms in total. The van der Waals surface area contributed by atoms with Crippen molar-refractivity contribution in [2.45, 2.75) is 134 Å². The SMILES string of the molecule is CC(C)C(C)C1OC1C1(O)CC=CC2CC34CCC5C(O)C(O)CC(C(=O)C=C3C3(O)CCC1C23CCc1cc(O)cc(N2CCCC2=O)c1)C54C. The van der Waals surface area contributed by atoms with Gasteiger partial charge in [0.2, 0.25) is 5.91 Å². The van der Waals surface area contributed by atoms with Crippen molar-refractivity contribution in [3.63, 3.8) is 0 Å². The van der Waals surface area contributed by atoms with Crippen molar-refractivity contribution >= 4 is 17.4 Å². The van der Waals surface area contributed by atoms with E-state index >= 15 is 0 Å². The van der Waals surface area contributed by atoms with Crippen molar-refractivity contribution < 1.29 is 39.9 Å². The number of hydrogen-bond acceptors (Lipinski definition) is 8. The van der Waals surface area contributed by atoms with Crippen LogP contribution in [-0.2, 0) is 20.7 Å². The minimum atomic E-state index is -1.42. The molecule has 0 radical (unpaired) electrons. The molecule has 2 heterocycles. The van der Waals surface area contributed by atoms with E-state index in [1.165, 1.54) is 0 Å². The Bertz CT molecular complexity index is 1760. The van der Waals surface area contributed by atoms with Crippen LogP contribution in [0, 0.1) is 51.8 Å². The lowest BCUT2D eigenvalue weighted by atomic mass is 9.37. The van der Waals surface area contributed by atoms with E-state index in [0.29, 0.717) is 69.5 Å². The molecule has 5 N–H and O–H groups in total. The Morgan fingerprint density at radius 3 is 2.58 bits per heavy atom. The monoisotopic (exact) mass is 715 g/mol. The second-order valence-electron chi connectivity index (χ2n) is 18.9. The van der Waals surface area contributed by atoms with E-state index in [-0.39, 0.29) is 59.7 Å². The number of aliphatic hydroxyl groups excluding tert-OH is 2. The van der Waals surface area contributed by atoms with Crippen LogP contribution in [0.25, 0.3) is 0 Å². The number of aromatic hydroxyl groups is 1. The van der Waals surface area contributed by atoms with Crippen LogP contribution < -0.4 is 4.90 Å². The fourth-order valence-corrected chi connectivity index (χ4v) is 14.1. The summed E-state index contributed by atoms with van der Waals surface area (Å²) < 4.78 is 6.43. The standard InChI is InChI=1S/C43H57NO8/c1-23(2)24(3)37-38(52-37)42(50)12-5-7-26-22-40-13-10-29-36(49)32(47)20-30(39(29,40)4)31(46)21-34(40)43(51)15-11-33(42)41(26,43)14-9-25-17-27(19-28(45)18-25)44-16-6-8-35(44)48/h5,7,17-19,21,23-24,26,29-30,32-33,36-38,45,47,49-51H,6,8-16,20,22H2,1-4H3. The number of rotatable bonds is 7. The van der Waals surface area contributed by atoms with Gasteiger partial charge in [0.25, 0.3) is 0 Å². The summed E-state index contributed by atoms with van der Waals surface area (Å²) in [6.45, 7) is 9.32. The molecule has 2 saturated heterocycles. The molecule has 8 aliphatic rings. The average Bonchev–Trinajstić information content (AvgIpc) is 3.60. The van der Waals surface area contributed by atoms with Crippen LogP contribution in [0.3, 0.4) is 0 Å². The number of carbonyl (C=O) groups is 2. The number of nitrogens with zero attached hydrogens (tertiary/aromatic N) is 1. The molecule has 1 aromatic rings. The number of phenolic OH excluding ortho intramolecular Hbond substituents is 1. The van der Waals surface area contributed by atoms with Crippen molar-refractivity contribution in [2.75, 3.05) is 11.4 Å². The van der Waals surface area contributed by atoms with Crippen LogP contribution >= 0.6 is 0 Å². The molecule has 1 amide bonds. The Hall–Kier alpha value is -2.56. The van der Waals surface area contributed by atoms with E-state index < -0.39 is 45.6 Å². The lowest BCUT2D eigenvalue weighted by Crippen LogP contribution is -2.69. The van der Waals surface area contributed by atoms with E-state index in [4.69, 9.17) is 4.74 Å². The quantitative estimate of drug-likeness (QED) is 0.196. The predicted molar refractivity (Wildman–Crippen MR) is 194 cm³/mol. The van der Waals surface area contributed by atoms with Gasteiger partial charge in [0.15, 0.2) is 5.78 Å². The number of allylic oxidation sites excluding steroid dienone is 2. The molecule has 6 fully saturated rings. The first-order valence-corrected chi connectivity index (χ1v) is 20.2. The zero-order valence-corrected chi connectivity index (χ0v) is 31.1. The van der Waals surface area contributed by atoms with Gasteiger partial charge in [0.1, 0.15) is 17.5 Å². The Labute approximate surface area is 307 Å². The van der Waals surface area contributed by atoms with Crippen LogP contribution in [0.4, 0.5) is 5.69 Å². The molecule has 4 saturated carbocycles. The van der Waals surface area contributed by atoms with Gasteiger partial charge in [0.05, 0.1) is 23.9 Å². The molecule has 1 spiro atoms. The van der Waals surface area contributed by atoms with Crippen LogP contribution in [-0.4, -0.2) is 79.4 Å². The highest BCUT2D eigenvalue weighted by molar-refractivity contribution is 5.96. The van der Waals surface area contributed by atoms with Gasteiger partial charge < -0.3 is 35.2 Å². The van der Waals surface area contributed by atoms with Crippen molar-refractivity contribution in [3.05, 3.63) is 47.6 Å². The third kappa shape index (κ3) is 4.35. The smallest absolute Gasteiger partial charge is 0.227 e. The Morgan fingerprint density at radius 2 is 1.85 bits per heavy atom. The highest BCUT2D eigenvalue weighted by Crippen LogP contribution is 2.80. The zero-order valence-electron chi connectivity index (χ0n) is 31.1. The van der Waals surface area contributed by atoms with Gasteiger partial charge in [-0.2, -0.15) is 0 Å². The Balaban J connectivity index is 1.18. The van der Waals surface area contributed by atoms with Gasteiger partial charge in [-0.1, -0.05) is 39.8 Å². The summed E-state index contributed by atoms with van der Waals surface area (Å²) in [4.78, 5) is 28.8. The second kappa shape index (κ2) is 11.5. The van der Waals surface area contributed by atoms with Crippen LogP contribution in [0.2, 0.25) is 0 Å². The van der Waals surface area contributed by atoms with Gasteiger partial charge in [-0.05, 0) is 123 Å². The minimum absolute atomic E-state index is 0.0460. The molecule has 0 aromatic heterocycles. The number of fused-ring (bicyclic) bond motifs is 1. The number of phenols is 1. The summed E-state index contributed by atoms with van der Waals surface area (Å²) in [7, 11) is 0. The molecule has 9 heteroatoms. The summed E-state index contributed by atoms with van der Waals surface area (Å²) in [5.41, 5.74) is -2.33. The van der Waals surface area contributed by atoms with E-state index in [9.17, 15) is 35.1 Å². The molecular weight excluding hydrogens is 658 g/mol. The van der Waals surface area contributed by atoms with Crippen molar-refractivity contribution in [1.82, 2.24) is 0 Å². The zero-order chi connectivity index (χ0) is 36.7. The maximum atomic E-state index is 14.3. The van der Waals surface area contributed by atoms with Crippen molar-refractivity contribution in [2.24, 2.45) is 51.8 Å². The highest BCUT2D eigenvalue weighted by Gasteiger charge is 2.80. The fourth-order valence-electron chi connectivity index (χ4n) is 14.1. The number of hydrogen-bond donors (Lipinski definition) is 5. The van der Waals surface area contributed by atoms with Crippen molar-refractivity contribution in [1.29, 1.82) is 0 Å². The topological polar surface area (TPSA) is 151 Å². The van der Waals surface area contributed by atoms with Gasteiger partial charge >= 0.3 is 0 Å². The number of anilines is 1. The third-order valence-electron chi connectivity index (χ3n) is 16.9. The van der Waals surface area contributed by atoms with E-state index in [1.807, 2.05) is 6.07 Å². The van der Waals surface area contributed by atoms with Crippen LogP contribution in [0.1, 0.15) is 97.5 Å². The summed E-state index contributed by atoms with van der Waals surface area (Å²) >= 11 is 0. The average molecular weight is 716 g/mol. The number of ketones is 1. The lowest BCUT2D eigenvalue weighted by molar-refractivity contribution is -0.205. The summed E-state index contributed by atoms with van der Waals surface area (Å²) in [5.74, 6) is -0.455. The predicted octanol–water partition coefficient (Wildman–Crippen LogP) is 5.00. The summed E-state index contributed by atoms with van der Waals surface area (Å²) in [6, 6.07) is 5.38. The van der Waals surface area contributed by atoms with Gasteiger partial charge in [-0.3, -0.25) is 9.59 Å². The molecule has 1 aromatic carbocycles. The number of epoxide rings is 1. The first-order valence-electron chi connectivity index (χ1n) is 20.2. The van der Waals surface area contributed by atoms with E-state index in [0.717, 1.165) is 24.0 Å². The van der Waals surface area contributed by atoms with Crippen LogP contribution in [0.15, 0.2) is 42.0 Å². The van der Waals surface area contributed by atoms with Crippen LogP contribution in [0.5, 0.6) is 5.75 Å². The maximum Gasteiger partial charge on any atom is 0.227 e. The second-order valence-corrected chi connectivity index (χ2v) is 18.9. The van der Waals surface area contributed by atoms with Gasteiger partial charge in [-0.15, -0.1) is 0 Å². The highest BCUT2D eigenvalue weighted by atomic mass is 16.6. The number of ether oxygens (including phenoxy) is 1. The number of benzene rings is 1. The van der Waals surface area contributed by atoms with Crippen molar-refractivity contribution in [3.8, 4) is 5.75 Å². The molecule has 2 aliphatic heterocycles. The molecular formula is C43H57NO8. The fraction of sp³-hybridized carbons (Fsp3) is 0.721. The van der Waals surface area contributed by atoms with E-state index in [2.05, 4.69) is 39.8 Å². The molecule has 14 unspecified atom stereocenters. The summed E-state index contributed by atoms with van der Waals surface area (Å²) in [5, 5.41) is 60.2. The number of amides is 1. The van der Waals surface area contributed by atoms with Gasteiger partial charge in [0, 0.05) is 47.4 Å². The Morgan fingerprint density at radius 1 is 1.06 bits per heavy atom. The molecule has 14 atom stereocenters. The molecule has 282 valence electrons. The first kappa shape index (κ1) is 35.2. The van der Waals surface area contributed by atoms with E-state index in [1.54, 1.807) is 23.1 Å². The molecule has 6 aliphatic carbocycles. The first-order chi connectivity index (χ1) is 24.6. The summed E-state index contributed by atoms with van der Waals surface area (Å²) in [6.07, 6.45) is 9.80. The molecule has 52 heavy (non-hydrogen) atoms. The molecule has 0 bridgehead atoms. The third-order valence-corrected chi connectivity index (χ3v) is 16.9. The Kier molecular flexibility index (Phi) is 7.76. The maximum absolute atomic E-state index is 14.3. The molecule has 9 rings (SSSR count). The lowest BCUT2D eigenvalue weighted by Gasteiger charge is -2.68. The normalized spacial score (nSPS) is 47.9. The number of carbonyl (C=O) groups excluding carboxylic acids is 2. The number of aryl methyl sites for hydroxylation is 1. The number of aliphatic hydroxyl groups is 4. The van der Waals surface area contributed by atoms with Gasteiger partial charge in [-0.25, -0.2) is 0 Å². The minimum Gasteiger partial charge on any atom is -0.508 e.